The smallest absolute Gasteiger partial charge is 0.250 e. The van der Waals surface area contributed by atoms with Crippen molar-refractivity contribution in [3.05, 3.63) is 16.5 Å². The third kappa shape index (κ3) is 4.93. The second-order valence-electron chi connectivity index (χ2n) is 5.03. The van der Waals surface area contributed by atoms with Gasteiger partial charge in [-0.15, -0.1) is 11.3 Å². The second kappa shape index (κ2) is 7.06. The van der Waals surface area contributed by atoms with Crippen LogP contribution in [0, 0.1) is 0 Å². The molecule has 9 heteroatoms. The Hall–Kier alpha value is -0.670. The molecule has 1 fully saturated rings. The minimum Gasteiger partial charge on any atom is -0.352 e. The topological polar surface area (TPSA) is 87.3 Å². The highest BCUT2D eigenvalue weighted by Crippen LogP contribution is 2.25. The van der Waals surface area contributed by atoms with E-state index >= 15 is 0 Å². The van der Waals surface area contributed by atoms with Crippen LogP contribution in [0.25, 0.3) is 0 Å². The van der Waals surface area contributed by atoms with Gasteiger partial charge in [0.2, 0.25) is 5.91 Å². The van der Waals surface area contributed by atoms with E-state index in [-0.39, 0.29) is 22.7 Å². The lowest BCUT2D eigenvalue weighted by Crippen LogP contribution is -2.48. The van der Waals surface area contributed by atoms with E-state index in [1.54, 1.807) is 0 Å². The maximum atomic E-state index is 11.9. The van der Waals surface area contributed by atoms with Crippen molar-refractivity contribution in [2.45, 2.75) is 36.1 Å². The summed E-state index contributed by atoms with van der Waals surface area (Å²) < 4.78 is 26.7. The number of halogens is 1. The monoisotopic (exact) mass is 351 g/mol. The number of amides is 1. The van der Waals surface area contributed by atoms with Crippen LogP contribution in [0.1, 0.15) is 19.8 Å². The molecular weight excluding hydrogens is 334 g/mol. The third-order valence-electron chi connectivity index (χ3n) is 3.22. The van der Waals surface area contributed by atoms with Gasteiger partial charge in [-0.3, -0.25) is 4.79 Å². The van der Waals surface area contributed by atoms with Gasteiger partial charge in [0.15, 0.2) is 0 Å². The van der Waals surface area contributed by atoms with Crippen LogP contribution in [0.2, 0.25) is 4.34 Å². The molecule has 0 aliphatic carbocycles. The fourth-order valence-corrected chi connectivity index (χ4v) is 4.72. The predicted octanol–water partition coefficient (Wildman–Crippen LogP) is 0.937. The van der Waals surface area contributed by atoms with Crippen molar-refractivity contribution in [2.75, 3.05) is 13.1 Å². The molecule has 2 unspecified atom stereocenters. The van der Waals surface area contributed by atoms with Crippen LogP contribution >= 0.6 is 22.9 Å². The number of nitrogens with one attached hydrogen (secondary N) is 3. The molecule has 21 heavy (non-hydrogen) atoms. The Labute approximate surface area is 133 Å². The SMILES string of the molecule is CC1CC(NC(=O)CNS(=O)(=O)c2ccc(Cl)s2)CCN1. The first-order valence-corrected chi connectivity index (χ1v) is 9.32. The van der Waals surface area contributed by atoms with E-state index in [0.29, 0.717) is 10.4 Å². The summed E-state index contributed by atoms with van der Waals surface area (Å²) >= 11 is 6.67. The molecule has 1 aliphatic rings. The first-order valence-electron chi connectivity index (χ1n) is 6.64. The van der Waals surface area contributed by atoms with Gasteiger partial charge in [-0.1, -0.05) is 11.6 Å². The van der Waals surface area contributed by atoms with Gasteiger partial charge in [-0.25, -0.2) is 13.1 Å². The van der Waals surface area contributed by atoms with Gasteiger partial charge in [0, 0.05) is 12.1 Å². The maximum Gasteiger partial charge on any atom is 0.250 e. The second-order valence-corrected chi connectivity index (χ2v) is 8.74. The highest BCUT2D eigenvalue weighted by molar-refractivity contribution is 7.91. The molecule has 2 atom stereocenters. The predicted molar refractivity (Wildman–Crippen MR) is 83.1 cm³/mol. The quantitative estimate of drug-likeness (QED) is 0.736. The molecule has 2 heterocycles. The number of sulfonamides is 1. The number of carbonyl (C=O) groups is 1. The van der Waals surface area contributed by atoms with E-state index in [9.17, 15) is 13.2 Å². The molecule has 1 aromatic heterocycles. The molecule has 2 rings (SSSR count). The third-order valence-corrected chi connectivity index (χ3v) is 6.35. The average molecular weight is 352 g/mol. The molecule has 1 aromatic rings. The first kappa shape index (κ1) is 16.7. The first-order chi connectivity index (χ1) is 9.87. The fourth-order valence-electron chi connectivity index (χ4n) is 2.22. The highest BCUT2D eigenvalue weighted by atomic mass is 35.5. The van der Waals surface area contributed by atoms with Crippen molar-refractivity contribution in [3.63, 3.8) is 0 Å². The summed E-state index contributed by atoms with van der Waals surface area (Å²) in [6, 6.07) is 3.38. The van der Waals surface area contributed by atoms with Gasteiger partial charge >= 0.3 is 0 Å². The summed E-state index contributed by atoms with van der Waals surface area (Å²) in [6.07, 6.45) is 1.70. The van der Waals surface area contributed by atoms with Gasteiger partial charge < -0.3 is 10.6 Å². The van der Waals surface area contributed by atoms with Gasteiger partial charge in [-0.2, -0.15) is 0 Å². The number of rotatable bonds is 5. The number of hydrogen-bond acceptors (Lipinski definition) is 5. The molecule has 0 radical (unpaired) electrons. The summed E-state index contributed by atoms with van der Waals surface area (Å²) in [5.74, 6) is -0.319. The number of carbonyl (C=O) groups excluding carboxylic acids is 1. The highest BCUT2D eigenvalue weighted by Gasteiger charge is 2.22. The van der Waals surface area contributed by atoms with E-state index in [2.05, 4.69) is 22.3 Å². The van der Waals surface area contributed by atoms with E-state index in [4.69, 9.17) is 11.6 Å². The van der Waals surface area contributed by atoms with Crippen LogP contribution in [-0.4, -0.2) is 39.5 Å². The Kier molecular flexibility index (Phi) is 5.61. The molecule has 0 aromatic carbocycles. The van der Waals surface area contributed by atoms with Crippen LogP contribution in [0.5, 0.6) is 0 Å². The van der Waals surface area contributed by atoms with Crippen LogP contribution in [-0.2, 0) is 14.8 Å². The normalized spacial score (nSPS) is 23.0. The average Bonchev–Trinajstić information content (AvgIpc) is 2.84. The number of piperidine rings is 1. The lowest BCUT2D eigenvalue weighted by Gasteiger charge is -2.28. The molecule has 0 spiro atoms. The van der Waals surface area contributed by atoms with Crippen molar-refractivity contribution < 1.29 is 13.2 Å². The lowest BCUT2D eigenvalue weighted by molar-refractivity contribution is -0.120. The van der Waals surface area contributed by atoms with Crippen molar-refractivity contribution >= 4 is 38.9 Å². The van der Waals surface area contributed by atoms with Crippen LogP contribution in [0.4, 0.5) is 0 Å². The van der Waals surface area contributed by atoms with Crippen molar-refractivity contribution in [3.8, 4) is 0 Å². The Morgan fingerprint density at radius 2 is 2.29 bits per heavy atom. The lowest BCUT2D eigenvalue weighted by atomic mass is 10.0. The van der Waals surface area contributed by atoms with E-state index < -0.39 is 10.0 Å². The van der Waals surface area contributed by atoms with Crippen molar-refractivity contribution in [1.82, 2.24) is 15.4 Å². The van der Waals surface area contributed by atoms with Gasteiger partial charge in [-0.05, 0) is 38.4 Å². The number of hydrogen-bond donors (Lipinski definition) is 3. The van der Waals surface area contributed by atoms with Crippen LogP contribution < -0.4 is 15.4 Å². The molecule has 1 amide bonds. The molecule has 1 aliphatic heterocycles. The van der Waals surface area contributed by atoms with Crippen LogP contribution in [0.3, 0.4) is 0 Å². The van der Waals surface area contributed by atoms with Gasteiger partial charge in [0.1, 0.15) is 4.21 Å². The zero-order valence-corrected chi connectivity index (χ0v) is 13.9. The zero-order chi connectivity index (χ0) is 15.5. The van der Waals surface area contributed by atoms with Gasteiger partial charge in [0.25, 0.3) is 10.0 Å². The summed E-state index contributed by atoms with van der Waals surface area (Å²) in [4.78, 5) is 11.8. The Balaban J connectivity index is 1.83. The fraction of sp³-hybridized carbons (Fsp3) is 0.583. The van der Waals surface area contributed by atoms with Gasteiger partial charge in [0.05, 0.1) is 10.9 Å². The minimum atomic E-state index is -3.68. The molecule has 0 saturated carbocycles. The standard InChI is InChI=1S/C12H18ClN3O3S2/c1-8-6-9(4-5-14-8)16-11(17)7-15-21(18,19)12-3-2-10(13)20-12/h2-3,8-9,14-15H,4-7H2,1H3,(H,16,17). The molecule has 118 valence electrons. The van der Waals surface area contributed by atoms with E-state index in [0.717, 1.165) is 30.7 Å². The van der Waals surface area contributed by atoms with E-state index in [1.165, 1.54) is 12.1 Å². The van der Waals surface area contributed by atoms with Crippen molar-refractivity contribution in [2.24, 2.45) is 0 Å². The molecule has 1 saturated heterocycles. The summed E-state index contributed by atoms with van der Waals surface area (Å²) in [5.41, 5.74) is 0. The van der Waals surface area contributed by atoms with Crippen molar-refractivity contribution in [1.29, 1.82) is 0 Å². The summed E-state index contributed by atoms with van der Waals surface area (Å²) in [7, 11) is -3.68. The summed E-state index contributed by atoms with van der Waals surface area (Å²) in [6.45, 7) is 2.64. The molecule has 6 nitrogen and oxygen atoms in total. The minimum absolute atomic E-state index is 0.0921. The largest absolute Gasteiger partial charge is 0.352 e. The van der Waals surface area contributed by atoms with E-state index in [1.807, 2.05) is 0 Å². The number of thiophene rings is 1. The molecule has 3 N–H and O–H groups in total. The van der Waals surface area contributed by atoms with Crippen LogP contribution in [0.15, 0.2) is 16.3 Å². The Bertz CT molecular complexity index is 603. The molecular formula is C12H18ClN3O3S2. The Morgan fingerprint density at radius 3 is 2.90 bits per heavy atom. The Morgan fingerprint density at radius 1 is 1.52 bits per heavy atom. The zero-order valence-electron chi connectivity index (χ0n) is 11.6. The maximum absolute atomic E-state index is 11.9. The summed E-state index contributed by atoms with van der Waals surface area (Å²) in [5, 5.41) is 6.14. The molecule has 0 bridgehead atoms.